The number of amides is 1. The van der Waals surface area contributed by atoms with Crippen LogP contribution in [0.5, 0.6) is 0 Å². The lowest BCUT2D eigenvalue weighted by Crippen LogP contribution is -2.38. The standard InChI is InChI=1S/C16H19N3O2/c1-11-9-13-5-3-4-6-15(13)19(11)16(21)10-18-8-7-14(17-18)12(2)20/h3-8,11-12,20H,9-10H2,1-2H3/t11-,12+/m1/s1. The van der Waals surface area contributed by atoms with Gasteiger partial charge in [0.1, 0.15) is 6.54 Å². The quantitative estimate of drug-likeness (QED) is 0.937. The molecule has 0 saturated carbocycles. The average molecular weight is 285 g/mol. The van der Waals surface area contributed by atoms with Gasteiger partial charge < -0.3 is 10.0 Å². The first-order chi connectivity index (χ1) is 10.1. The minimum absolute atomic E-state index is 0.0210. The Kier molecular flexibility index (Phi) is 3.51. The van der Waals surface area contributed by atoms with Gasteiger partial charge in [-0.15, -0.1) is 0 Å². The molecule has 5 heteroatoms. The van der Waals surface area contributed by atoms with Crippen LogP contribution < -0.4 is 4.90 Å². The average Bonchev–Trinajstić information content (AvgIpc) is 3.01. The van der Waals surface area contributed by atoms with E-state index in [0.717, 1.165) is 12.1 Å². The lowest BCUT2D eigenvalue weighted by Gasteiger charge is -2.22. The Bertz CT molecular complexity index is 663. The molecule has 0 spiro atoms. The second kappa shape index (κ2) is 5.33. The molecule has 2 aromatic rings. The first-order valence-electron chi connectivity index (χ1n) is 7.17. The van der Waals surface area contributed by atoms with Crippen molar-refractivity contribution in [3.63, 3.8) is 0 Å². The summed E-state index contributed by atoms with van der Waals surface area (Å²) in [5.41, 5.74) is 2.79. The number of hydrogen-bond donors (Lipinski definition) is 1. The van der Waals surface area contributed by atoms with Crippen LogP contribution in [-0.4, -0.2) is 26.8 Å². The summed E-state index contributed by atoms with van der Waals surface area (Å²) < 4.78 is 1.58. The largest absolute Gasteiger partial charge is 0.387 e. The van der Waals surface area contributed by atoms with E-state index in [9.17, 15) is 9.90 Å². The van der Waals surface area contributed by atoms with Crippen LogP contribution in [0.2, 0.25) is 0 Å². The zero-order valence-corrected chi connectivity index (χ0v) is 12.2. The Balaban J connectivity index is 1.79. The molecule has 1 aliphatic heterocycles. The molecular formula is C16H19N3O2. The minimum Gasteiger partial charge on any atom is -0.387 e. The fourth-order valence-electron chi connectivity index (χ4n) is 2.85. The number of para-hydroxylation sites is 1. The predicted molar refractivity (Wildman–Crippen MR) is 80.0 cm³/mol. The van der Waals surface area contributed by atoms with Crippen LogP contribution in [0.1, 0.15) is 31.2 Å². The van der Waals surface area contributed by atoms with Crippen LogP contribution in [0.25, 0.3) is 0 Å². The Morgan fingerprint density at radius 3 is 2.90 bits per heavy atom. The summed E-state index contributed by atoms with van der Waals surface area (Å²) in [7, 11) is 0. The van der Waals surface area contributed by atoms with Gasteiger partial charge in [-0.1, -0.05) is 18.2 Å². The molecule has 1 N–H and O–H groups in total. The van der Waals surface area contributed by atoms with Crippen LogP contribution in [0, 0.1) is 0 Å². The van der Waals surface area contributed by atoms with Crippen molar-refractivity contribution < 1.29 is 9.90 Å². The summed E-state index contributed by atoms with van der Waals surface area (Å²) in [5.74, 6) is 0.0210. The van der Waals surface area contributed by atoms with Crippen molar-refractivity contribution in [3.05, 3.63) is 47.8 Å². The topological polar surface area (TPSA) is 58.4 Å². The van der Waals surface area contributed by atoms with Gasteiger partial charge in [0.25, 0.3) is 0 Å². The lowest BCUT2D eigenvalue weighted by atomic mass is 10.1. The fourth-order valence-corrected chi connectivity index (χ4v) is 2.85. The number of aromatic nitrogens is 2. The van der Waals surface area contributed by atoms with E-state index in [4.69, 9.17) is 0 Å². The molecule has 1 aromatic carbocycles. The molecule has 0 saturated heterocycles. The first kappa shape index (κ1) is 13.8. The van der Waals surface area contributed by atoms with Crippen molar-refractivity contribution in [2.24, 2.45) is 0 Å². The van der Waals surface area contributed by atoms with Crippen molar-refractivity contribution in [3.8, 4) is 0 Å². The fraction of sp³-hybridized carbons (Fsp3) is 0.375. The molecule has 110 valence electrons. The smallest absolute Gasteiger partial charge is 0.248 e. The summed E-state index contributed by atoms with van der Waals surface area (Å²) in [5, 5.41) is 13.7. The molecule has 0 aliphatic carbocycles. The third-order valence-electron chi connectivity index (χ3n) is 3.86. The van der Waals surface area contributed by atoms with E-state index in [1.54, 1.807) is 23.9 Å². The van der Waals surface area contributed by atoms with Gasteiger partial charge in [-0.3, -0.25) is 9.48 Å². The molecule has 0 fully saturated rings. The van der Waals surface area contributed by atoms with Crippen molar-refractivity contribution >= 4 is 11.6 Å². The number of carbonyl (C=O) groups excluding carboxylic acids is 1. The monoisotopic (exact) mass is 285 g/mol. The van der Waals surface area contributed by atoms with E-state index in [-0.39, 0.29) is 18.5 Å². The zero-order chi connectivity index (χ0) is 15.0. The number of nitrogens with zero attached hydrogens (tertiary/aromatic N) is 3. The molecule has 1 aliphatic rings. The highest BCUT2D eigenvalue weighted by molar-refractivity contribution is 5.96. The SMILES string of the molecule is C[C@H](O)c1ccn(CC(=O)N2c3ccccc3C[C@H]2C)n1. The molecule has 5 nitrogen and oxygen atoms in total. The van der Waals surface area contributed by atoms with Gasteiger partial charge >= 0.3 is 0 Å². The number of aliphatic hydroxyl groups excluding tert-OH is 1. The highest BCUT2D eigenvalue weighted by Gasteiger charge is 2.30. The van der Waals surface area contributed by atoms with E-state index in [0.29, 0.717) is 5.69 Å². The number of hydrogen-bond acceptors (Lipinski definition) is 3. The normalized spacial score (nSPS) is 18.6. The molecule has 2 heterocycles. The Morgan fingerprint density at radius 1 is 1.43 bits per heavy atom. The van der Waals surface area contributed by atoms with Crippen LogP contribution in [0.3, 0.4) is 0 Å². The van der Waals surface area contributed by atoms with E-state index in [1.807, 2.05) is 23.1 Å². The molecule has 21 heavy (non-hydrogen) atoms. The van der Waals surface area contributed by atoms with Gasteiger partial charge in [-0.05, 0) is 38.0 Å². The van der Waals surface area contributed by atoms with Crippen LogP contribution in [-0.2, 0) is 17.8 Å². The van der Waals surface area contributed by atoms with Crippen molar-refractivity contribution in [2.45, 2.75) is 39.0 Å². The van der Waals surface area contributed by atoms with E-state index in [1.165, 1.54) is 5.56 Å². The summed E-state index contributed by atoms with van der Waals surface area (Å²) in [6.07, 6.45) is 2.00. The van der Waals surface area contributed by atoms with Crippen LogP contribution >= 0.6 is 0 Å². The molecule has 1 aromatic heterocycles. The Labute approximate surface area is 123 Å². The second-order valence-corrected chi connectivity index (χ2v) is 5.56. The highest BCUT2D eigenvalue weighted by Crippen LogP contribution is 2.31. The van der Waals surface area contributed by atoms with Gasteiger partial charge in [0.05, 0.1) is 11.8 Å². The van der Waals surface area contributed by atoms with Crippen LogP contribution in [0.4, 0.5) is 5.69 Å². The van der Waals surface area contributed by atoms with Gasteiger partial charge in [0.2, 0.25) is 5.91 Å². The number of anilines is 1. The number of rotatable bonds is 3. The summed E-state index contributed by atoms with van der Waals surface area (Å²) in [6, 6.07) is 9.92. The van der Waals surface area contributed by atoms with Crippen molar-refractivity contribution in [2.75, 3.05) is 4.90 Å². The summed E-state index contributed by atoms with van der Waals surface area (Å²) in [4.78, 5) is 14.4. The number of fused-ring (bicyclic) bond motifs is 1. The zero-order valence-electron chi connectivity index (χ0n) is 12.2. The van der Waals surface area contributed by atoms with Gasteiger partial charge in [0, 0.05) is 17.9 Å². The Morgan fingerprint density at radius 2 is 2.19 bits per heavy atom. The van der Waals surface area contributed by atoms with Crippen molar-refractivity contribution in [1.29, 1.82) is 0 Å². The van der Waals surface area contributed by atoms with Gasteiger partial charge in [-0.2, -0.15) is 5.10 Å². The van der Waals surface area contributed by atoms with Crippen LogP contribution in [0.15, 0.2) is 36.5 Å². The summed E-state index contributed by atoms with van der Waals surface area (Å²) >= 11 is 0. The van der Waals surface area contributed by atoms with E-state index >= 15 is 0 Å². The summed E-state index contributed by atoms with van der Waals surface area (Å²) in [6.45, 7) is 3.90. The van der Waals surface area contributed by atoms with Gasteiger partial charge in [0.15, 0.2) is 0 Å². The number of aliphatic hydroxyl groups is 1. The molecule has 1 amide bonds. The molecule has 0 bridgehead atoms. The maximum Gasteiger partial charge on any atom is 0.248 e. The number of benzene rings is 1. The molecule has 3 rings (SSSR count). The second-order valence-electron chi connectivity index (χ2n) is 5.56. The minimum atomic E-state index is -0.618. The van der Waals surface area contributed by atoms with Gasteiger partial charge in [-0.25, -0.2) is 0 Å². The maximum atomic E-state index is 12.6. The molecule has 0 unspecified atom stereocenters. The highest BCUT2D eigenvalue weighted by atomic mass is 16.3. The first-order valence-corrected chi connectivity index (χ1v) is 7.17. The molecule has 0 radical (unpaired) electrons. The molecular weight excluding hydrogens is 266 g/mol. The van der Waals surface area contributed by atoms with E-state index in [2.05, 4.69) is 18.1 Å². The predicted octanol–water partition coefficient (Wildman–Crippen LogP) is 1.91. The third kappa shape index (κ3) is 2.56. The third-order valence-corrected chi connectivity index (χ3v) is 3.86. The Hall–Kier alpha value is -2.14. The number of carbonyl (C=O) groups is 1. The lowest BCUT2D eigenvalue weighted by molar-refractivity contribution is -0.119. The maximum absolute atomic E-state index is 12.6. The van der Waals surface area contributed by atoms with Crippen molar-refractivity contribution in [1.82, 2.24) is 9.78 Å². The molecule has 2 atom stereocenters. The van der Waals surface area contributed by atoms with E-state index < -0.39 is 6.10 Å².